The summed E-state index contributed by atoms with van der Waals surface area (Å²) in [6.07, 6.45) is 6.66. The SMILES string of the molecule is C=CC(C)CCCC(C)CC(=O)N1CCCC1C(=O)OC.CC(C)(C)OC(N)=O. The summed E-state index contributed by atoms with van der Waals surface area (Å²) in [5.74, 6) is 0.698. The molecule has 0 aliphatic carbocycles. The maximum Gasteiger partial charge on any atom is 0.405 e. The van der Waals surface area contributed by atoms with Gasteiger partial charge in [-0.15, -0.1) is 6.58 Å². The van der Waals surface area contributed by atoms with E-state index in [1.54, 1.807) is 25.7 Å². The molecule has 0 bridgehead atoms. The van der Waals surface area contributed by atoms with Crippen molar-refractivity contribution in [3.8, 4) is 0 Å². The van der Waals surface area contributed by atoms with Crippen molar-refractivity contribution in [1.29, 1.82) is 0 Å². The molecule has 1 rings (SSSR count). The van der Waals surface area contributed by atoms with Crippen molar-refractivity contribution in [2.24, 2.45) is 17.6 Å². The van der Waals surface area contributed by atoms with Gasteiger partial charge in [0.1, 0.15) is 11.6 Å². The molecule has 1 saturated heterocycles. The van der Waals surface area contributed by atoms with Gasteiger partial charge in [-0.3, -0.25) is 4.79 Å². The largest absolute Gasteiger partial charge is 0.467 e. The van der Waals surface area contributed by atoms with Gasteiger partial charge in [-0.1, -0.05) is 32.8 Å². The second-order valence-corrected chi connectivity index (χ2v) is 8.75. The minimum Gasteiger partial charge on any atom is -0.467 e. The van der Waals surface area contributed by atoms with Crippen LogP contribution in [0.25, 0.3) is 0 Å². The van der Waals surface area contributed by atoms with Gasteiger partial charge in [0.2, 0.25) is 5.91 Å². The number of likely N-dealkylation sites (tertiary alicyclic amines) is 1. The number of ether oxygens (including phenoxy) is 2. The van der Waals surface area contributed by atoms with E-state index in [-0.39, 0.29) is 17.9 Å². The van der Waals surface area contributed by atoms with Crippen LogP contribution in [0.2, 0.25) is 0 Å². The molecule has 0 aromatic rings. The fraction of sp³-hybridized carbons (Fsp3) is 0.773. The number of methoxy groups -OCH3 is 1. The third-order valence-electron chi connectivity index (χ3n) is 4.74. The Morgan fingerprint density at radius 2 is 1.86 bits per heavy atom. The Morgan fingerprint density at radius 3 is 2.31 bits per heavy atom. The highest BCUT2D eigenvalue weighted by atomic mass is 16.6. The van der Waals surface area contributed by atoms with E-state index < -0.39 is 11.7 Å². The summed E-state index contributed by atoms with van der Waals surface area (Å²) in [6.45, 7) is 14.0. The lowest BCUT2D eigenvalue weighted by Crippen LogP contribution is -2.41. The number of nitrogens with zero attached hydrogens (tertiary/aromatic N) is 1. The maximum atomic E-state index is 12.3. The molecule has 2 N–H and O–H groups in total. The smallest absolute Gasteiger partial charge is 0.405 e. The van der Waals surface area contributed by atoms with Gasteiger partial charge in [0.05, 0.1) is 7.11 Å². The Morgan fingerprint density at radius 1 is 1.24 bits per heavy atom. The van der Waals surface area contributed by atoms with E-state index in [1.165, 1.54) is 7.11 Å². The Balaban J connectivity index is 0.000000828. The molecule has 29 heavy (non-hydrogen) atoms. The summed E-state index contributed by atoms with van der Waals surface area (Å²) in [4.78, 5) is 35.7. The molecule has 7 heteroatoms. The van der Waals surface area contributed by atoms with E-state index in [2.05, 4.69) is 25.2 Å². The molecule has 2 amide bonds. The third-order valence-corrected chi connectivity index (χ3v) is 4.74. The molecule has 0 radical (unpaired) electrons. The molecule has 1 heterocycles. The van der Waals surface area contributed by atoms with E-state index in [0.717, 1.165) is 32.1 Å². The van der Waals surface area contributed by atoms with Crippen LogP contribution < -0.4 is 5.73 Å². The molecule has 7 nitrogen and oxygen atoms in total. The molecular formula is C22H40N2O5. The predicted octanol–water partition coefficient (Wildman–Crippen LogP) is 4.05. The highest BCUT2D eigenvalue weighted by molar-refractivity contribution is 5.85. The van der Waals surface area contributed by atoms with Gasteiger partial charge in [0.25, 0.3) is 0 Å². The van der Waals surface area contributed by atoms with Gasteiger partial charge >= 0.3 is 12.1 Å². The number of rotatable bonds is 8. The number of allylic oxidation sites excluding steroid dienone is 1. The normalized spacial score (nSPS) is 18.1. The topological polar surface area (TPSA) is 98.9 Å². The number of hydrogen-bond donors (Lipinski definition) is 1. The first-order valence-electron chi connectivity index (χ1n) is 10.4. The number of primary amides is 1. The van der Waals surface area contributed by atoms with Crippen molar-refractivity contribution in [3.05, 3.63) is 12.7 Å². The second-order valence-electron chi connectivity index (χ2n) is 8.75. The predicted molar refractivity (Wildman–Crippen MR) is 114 cm³/mol. The minimum atomic E-state index is -0.725. The van der Waals surface area contributed by atoms with Crippen molar-refractivity contribution in [3.63, 3.8) is 0 Å². The van der Waals surface area contributed by atoms with Crippen molar-refractivity contribution in [1.82, 2.24) is 4.90 Å². The zero-order chi connectivity index (χ0) is 22.6. The van der Waals surface area contributed by atoms with Crippen LogP contribution in [0, 0.1) is 11.8 Å². The monoisotopic (exact) mass is 412 g/mol. The molecule has 0 spiro atoms. The Labute approximate surface area is 176 Å². The Hall–Kier alpha value is -2.05. The third kappa shape index (κ3) is 12.2. The average molecular weight is 413 g/mol. The molecule has 3 unspecified atom stereocenters. The molecule has 3 atom stereocenters. The average Bonchev–Trinajstić information content (AvgIpc) is 3.09. The van der Waals surface area contributed by atoms with Crippen molar-refractivity contribution >= 4 is 18.0 Å². The highest BCUT2D eigenvalue weighted by Gasteiger charge is 2.34. The summed E-state index contributed by atoms with van der Waals surface area (Å²) < 4.78 is 9.36. The van der Waals surface area contributed by atoms with E-state index in [0.29, 0.717) is 24.8 Å². The number of nitrogens with two attached hydrogens (primary N) is 1. The first-order valence-corrected chi connectivity index (χ1v) is 10.4. The highest BCUT2D eigenvalue weighted by Crippen LogP contribution is 2.22. The summed E-state index contributed by atoms with van der Waals surface area (Å²) in [6, 6.07) is -0.365. The number of carbonyl (C=O) groups is 3. The van der Waals surface area contributed by atoms with E-state index in [1.807, 2.05) is 6.08 Å². The first-order chi connectivity index (χ1) is 13.4. The summed E-state index contributed by atoms with van der Waals surface area (Å²) in [5, 5.41) is 0. The molecule has 168 valence electrons. The van der Waals surface area contributed by atoms with Gasteiger partial charge in [0.15, 0.2) is 0 Å². The lowest BCUT2D eigenvalue weighted by atomic mass is 9.96. The first kappa shape index (κ1) is 27.0. The minimum absolute atomic E-state index is 0.0900. The Bertz CT molecular complexity index is 542. The summed E-state index contributed by atoms with van der Waals surface area (Å²) >= 11 is 0. The molecular weight excluding hydrogens is 372 g/mol. The molecule has 1 fully saturated rings. The number of carbonyl (C=O) groups excluding carboxylic acids is 3. The van der Waals surface area contributed by atoms with Crippen molar-refractivity contribution < 1.29 is 23.9 Å². The van der Waals surface area contributed by atoms with Gasteiger partial charge in [-0.25, -0.2) is 9.59 Å². The molecule has 1 aliphatic heterocycles. The summed E-state index contributed by atoms with van der Waals surface area (Å²) in [5.41, 5.74) is 4.26. The van der Waals surface area contributed by atoms with Crippen molar-refractivity contribution in [2.75, 3.05) is 13.7 Å². The van der Waals surface area contributed by atoms with E-state index in [4.69, 9.17) is 10.5 Å². The van der Waals surface area contributed by atoms with Crippen LogP contribution in [-0.2, 0) is 19.1 Å². The molecule has 0 saturated carbocycles. The second kappa shape index (κ2) is 13.2. The van der Waals surface area contributed by atoms with Crippen LogP contribution in [0.5, 0.6) is 0 Å². The van der Waals surface area contributed by atoms with E-state index >= 15 is 0 Å². The maximum absolute atomic E-state index is 12.3. The van der Waals surface area contributed by atoms with Gasteiger partial charge in [-0.2, -0.15) is 0 Å². The van der Waals surface area contributed by atoms with Gasteiger partial charge in [0, 0.05) is 13.0 Å². The van der Waals surface area contributed by atoms with Crippen LogP contribution >= 0.6 is 0 Å². The number of amides is 2. The lowest BCUT2D eigenvalue weighted by Gasteiger charge is -2.24. The van der Waals surface area contributed by atoms with Crippen LogP contribution in [0.4, 0.5) is 4.79 Å². The quantitative estimate of drug-likeness (QED) is 0.479. The number of esters is 1. The fourth-order valence-corrected chi connectivity index (χ4v) is 3.17. The molecule has 0 aromatic carbocycles. The standard InChI is InChI=1S/C17H29NO3.C5H11NO2/c1-5-13(2)8-6-9-14(3)12-16(19)18-11-7-10-15(18)17(20)21-4;1-5(2,3)8-4(6)7/h5,13-15H,1,6-12H2,2-4H3;1-3H3,(H2,6,7). The Kier molecular flexibility index (Phi) is 12.3. The van der Waals surface area contributed by atoms with Crippen LogP contribution in [0.1, 0.15) is 73.1 Å². The van der Waals surface area contributed by atoms with Crippen molar-refractivity contribution in [2.45, 2.75) is 84.8 Å². The van der Waals surface area contributed by atoms with Gasteiger partial charge < -0.3 is 20.1 Å². The van der Waals surface area contributed by atoms with E-state index in [9.17, 15) is 14.4 Å². The number of hydrogen-bond acceptors (Lipinski definition) is 5. The fourth-order valence-electron chi connectivity index (χ4n) is 3.17. The molecule has 1 aliphatic rings. The summed E-state index contributed by atoms with van der Waals surface area (Å²) in [7, 11) is 1.38. The lowest BCUT2D eigenvalue weighted by molar-refractivity contribution is -0.151. The zero-order valence-corrected chi connectivity index (χ0v) is 19.0. The van der Waals surface area contributed by atoms with Crippen LogP contribution in [0.3, 0.4) is 0 Å². The van der Waals surface area contributed by atoms with Crippen LogP contribution in [0.15, 0.2) is 12.7 Å². The molecule has 0 aromatic heterocycles. The van der Waals surface area contributed by atoms with Gasteiger partial charge in [-0.05, 0) is 51.9 Å². The zero-order valence-electron chi connectivity index (χ0n) is 19.0. The van der Waals surface area contributed by atoms with Crippen LogP contribution in [-0.4, -0.2) is 48.2 Å².